The van der Waals surface area contributed by atoms with Crippen molar-refractivity contribution in [3.63, 3.8) is 0 Å². The molecule has 0 bridgehead atoms. The van der Waals surface area contributed by atoms with Gasteiger partial charge >= 0.3 is 0 Å². The molecule has 19 heavy (non-hydrogen) atoms. The molecule has 0 unspecified atom stereocenters. The number of nitrogens with two attached hydrogens (primary N) is 2. The van der Waals surface area contributed by atoms with Crippen molar-refractivity contribution < 1.29 is 9.53 Å². The van der Waals surface area contributed by atoms with Crippen LogP contribution in [0.15, 0.2) is 34.9 Å². The second-order valence-corrected chi connectivity index (χ2v) is 4.99. The number of carbonyl (C=O) groups excluding carboxylic acids is 1. The van der Waals surface area contributed by atoms with Crippen LogP contribution in [0.5, 0.6) is 11.6 Å². The Balaban J connectivity index is 2.43. The van der Waals surface area contributed by atoms with Crippen molar-refractivity contribution in [2.75, 3.05) is 5.73 Å². The van der Waals surface area contributed by atoms with E-state index in [1.54, 1.807) is 18.2 Å². The summed E-state index contributed by atoms with van der Waals surface area (Å²) < 4.78 is 6.29. The van der Waals surface area contributed by atoms with Crippen LogP contribution in [-0.2, 0) is 0 Å². The van der Waals surface area contributed by atoms with Crippen LogP contribution in [0.2, 0.25) is 5.02 Å². The van der Waals surface area contributed by atoms with Crippen LogP contribution in [0.25, 0.3) is 0 Å². The van der Waals surface area contributed by atoms with E-state index in [1.165, 1.54) is 12.3 Å². The van der Waals surface area contributed by atoms with Gasteiger partial charge in [-0.05, 0) is 24.3 Å². The van der Waals surface area contributed by atoms with Gasteiger partial charge in [-0.25, -0.2) is 4.98 Å². The molecule has 0 saturated carbocycles. The number of pyridine rings is 1. The van der Waals surface area contributed by atoms with Gasteiger partial charge in [0, 0.05) is 4.47 Å². The van der Waals surface area contributed by atoms with Gasteiger partial charge < -0.3 is 16.2 Å². The molecular weight excluding hydrogens is 334 g/mol. The Bertz CT molecular complexity index is 649. The van der Waals surface area contributed by atoms with Crippen LogP contribution in [0.4, 0.5) is 5.69 Å². The molecule has 0 spiro atoms. The maximum atomic E-state index is 11.3. The lowest BCUT2D eigenvalue weighted by Gasteiger charge is -2.10. The Kier molecular flexibility index (Phi) is 3.92. The number of aromatic nitrogens is 1. The van der Waals surface area contributed by atoms with Crippen molar-refractivity contribution in [2.24, 2.45) is 5.73 Å². The van der Waals surface area contributed by atoms with Crippen LogP contribution in [0.1, 0.15) is 10.4 Å². The number of nitrogens with zero attached hydrogens (tertiary/aromatic N) is 1. The van der Waals surface area contributed by atoms with Gasteiger partial charge in [0.15, 0.2) is 0 Å². The van der Waals surface area contributed by atoms with Crippen molar-refractivity contribution in [2.45, 2.75) is 0 Å². The monoisotopic (exact) mass is 341 g/mol. The summed E-state index contributed by atoms with van der Waals surface area (Å²) in [6.07, 6.45) is 1.37. The van der Waals surface area contributed by atoms with E-state index in [0.29, 0.717) is 16.5 Å². The maximum absolute atomic E-state index is 11.3. The molecule has 0 saturated heterocycles. The fraction of sp³-hybridized carbons (Fsp3) is 0. The molecule has 1 amide bonds. The highest BCUT2D eigenvalue weighted by Gasteiger charge is 2.14. The molecule has 2 aromatic rings. The normalized spacial score (nSPS) is 10.2. The van der Waals surface area contributed by atoms with Crippen LogP contribution < -0.4 is 16.2 Å². The Morgan fingerprint density at radius 1 is 1.37 bits per heavy atom. The predicted molar refractivity (Wildman–Crippen MR) is 76.4 cm³/mol. The number of benzene rings is 1. The third-order valence-electron chi connectivity index (χ3n) is 2.24. The van der Waals surface area contributed by atoms with Gasteiger partial charge in [0.1, 0.15) is 11.3 Å². The molecule has 1 aromatic heterocycles. The average Bonchev–Trinajstić information content (AvgIpc) is 2.35. The van der Waals surface area contributed by atoms with Crippen molar-refractivity contribution >= 4 is 39.1 Å². The number of hydrogen-bond donors (Lipinski definition) is 2. The summed E-state index contributed by atoms with van der Waals surface area (Å²) in [4.78, 5) is 15.3. The van der Waals surface area contributed by atoms with Gasteiger partial charge in [-0.2, -0.15) is 0 Å². The molecule has 5 nitrogen and oxygen atoms in total. The van der Waals surface area contributed by atoms with Crippen molar-refractivity contribution in [1.29, 1.82) is 0 Å². The number of carbonyl (C=O) groups is 1. The molecule has 0 aliphatic carbocycles. The van der Waals surface area contributed by atoms with E-state index in [4.69, 9.17) is 27.8 Å². The summed E-state index contributed by atoms with van der Waals surface area (Å²) in [6, 6.07) is 6.48. The van der Waals surface area contributed by atoms with Crippen LogP contribution in [0, 0.1) is 0 Å². The first kappa shape index (κ1) is 13.6. The number of rotatable bonds is 3. The van der Waals surface area contributed by atoms with Gasteiger partial charge in [0.05, 0.1) is 16.9 Å². The van der Waals surface area contributed by atoms with Gasteiger partial charge in [-0.15, -0.1) is 0 Å². The molecule has 98 valence electrons. The second-order valence-electron chi connectivity index (χ2n) is 3.66. The fourth-order valence-corrected chi connectivity index (χ4v) is 1.88. The number of anilines is 1. The smallest absolute Gasteiger partial charge is 0.254 e. The van der Waals surface area contributed by atoms with E-state index in [9.17, 15) is 4.79 Å². The van der Waals surface area contributed by atoms with E-state index < -0.39 is 5.91 Å². The lowest BCUT2D eigenvalue weighted by Crippen LogP contribution is -2.13. The zero-order valence-corrected chi connectivity index (χ0v) is 11.9. The van der Waals surface area contributed by atoms with Crippen LogP contribution >= 0.6 is 27.5 Å². The largest absolute Gasteiger partial charge is 0.437 e. The first-order valence-electron chi connectivity index (χ1n) is 5.15. The van der Waals surface area contributed by atoms with Gasteiger partial charge in [-0.1, -0.05) is 27.5 Å². The highest BCUT2D eigenvalue weighted by molar-refractivity contribution is 9.10. The van der Waals surface area contributed by atoms with Crippen molar-refractivity contribution in [3.05, 3.63) is 45.5 Å². The minimum Gasteiger partial charge on any atom is -0.437 e. The second kappa shape index (κ2) is 5.46. The first-order valence-corrected chi connectivity index (χ1v) is 6.32. The maximum Gasteiger partial charge on any atom is 0.254 e. The predicted octanol–water partition coefficient (Wildman–Crippen LogP) is 2.97. The Hall–Kier alpha value is -1.79. The Labute approximate surface area is 122 Å². The highest BCUT2D eigenvalue weighted by Crippen LogP contribution is 2.32. The molecule has 7 heteroatoms. The number of halogens is 2. The minimum atomic E-state index is -0.680. The number of primary amides is 1. The molecule has 0 aliphatic heterocycles. The number of hydrogen-bond acceptors (Lipinski definition) is 4. The molecule has 0 fully saturated rings. The molecule has 4 N–H and O–H groups in total. The number of nitrogen functional groups attached to an aromatic ring is 1. The van der Waals surface area contributed by atoms with Crippen molar-refractivity contribution in [3.8, 4) is 11.6 Å². The molecule has 0 atom stereocenters. The zero-order valence-electron chi connectivity index (χ0n) is 9.56. The molecule has 0 radical (unpaired) electrons. The lowest BCUT2D eigenvalue weighted by atomic mass is 10.2. The fourth-order valence-electron chi connectivity index (χ4n) is 1.39. The quantitative estimate of drug-likeness (QED) is 0.897. The Morgan fingerprint density at radius 3 is 2.79 bits per heavy atom. The van der Waals surface area contributed by atoms with E-state index in [2.05, 4.69) is 20.9 Å². The highest BCUT2D eigenvalue weighted by atomic mass is 79.9. The number of amides is 1. The summed E-state index contributed by atoms with van der Waals surface area (Å²) in [7, 11) is 0. The van der Waals surface area contributed by atoms with Crippen LogP contribution in [-0.4, -0.2) is 10.9 Å². The summed E-state index contributed by atoms with van der Waals surface area (Å²) >= 11 is 9.29. The lowest BCUT2D eigenvalue weighted by molar-refractivity contribution is 0.0997. The average molecular weight is 343 g/mol. The van der Waals surface area contributed by atoms with Gasteiger partial charge in [0.25, 0.3) is 5.91 Å². The van der Waals surface area contributed by atoms with Crippen LogP contribution in [0.3, 0.4) is 0 Å². The summed E-state index contributed by atoms with van der Waals surface area (Å²) in [5, 5.41) is 0.386. The first-order chi connectivity index (χ1) is 8.97. The minimum absolute atomic E-state index is 0.0571. The summed E-state index contributed by atoms with van der Waals surface area (Å²) in [5.41, 5.74) is 11.2. The molecule has 2 rings (SSSR count). The standard InChI is InChI=1S/C12H9BrClN3O2/c13-6-1-2-9(14)10(3-6)19-12-8(11(16)18)4-7(15)5-17-12/h1-5H,15H2,(H2,16,18). The zero-order chi connectivity index (χ0) is 14.0. The Morgan fingerprint density at radius 2 is 2.11 bits per heavy atom. The van der Waals surface area contributed by atoms with E-state index >= 15 is 0 Å². The molecular formula is C12H9BrClN3O2. The van der Waals surface area contributed by atoms with Gasteiger partial charge in [0.2, 0.25) is 5.88 Å². The molecule has 0 aliphatic rings. The van der Waals surface area contributed by atoms with E-state index in [-0.39, 0.29) is 11.4 Å². The SMILES string of the molecule is NC(=O)c1cc(N)cnc1Oc1cc(Br)ccc1Cl. The van der Waals surface area contributed by atoms with Crippen molar-refractivity contribution in [1.82, 2.24) is 4.98 Å². The molecule has 1 aromatic carbocycles. The third kappa shape index (κ3) is 3.15. The summed E-state index contributed by atoms with van der Waals surface area (Å²) in [6.45, 7) is 0. The molecule has 1 heterocycles. The van der Waals surface area contributed by atoms with E-state index in [1.807, 2.05) is 0 Å². The van der Waals surface area contributed by atoms with E-state index in [0.717, 1.165) is 4.47 Å². The third-order valence-corrected chi connectivity index (χ3v) is 3.04. The summed E-state index contributed by atoms with van der Waals surface area (Å²) in [5.74, 6) is -0.265. The topological polar surface area (TPSA) is 91.2 Å². The number of ether oxygens (including phenoxy) is 1. The van der Waals surface area contributed by atoms with Gasteiger partial charge in [-0.3, -0.25) is 4.79 Å².